The van der Waals surface area contributed by atoms with E-state index in [2.05, 4.69) is 29.6 Å². The zero-order valence-electron chi connectivity index (χ0n) is 12.2. The Morgan fingerprint density at radius 1 is 1.00 bits per heavy atom. The van der Waals surface area contributed by atoms with E-state index in [1.54, 1.807) is 0 Å². The van der Waals surface area contributed by atoms with Crippen LogP contribution >= 0.6 is 12.4 Å². The lowest BCUT2D eigenvalue weighted by molar-refractivity contribution is -0.139. The summed E-state index contributed by atoms with van der Waals surface area (Å²) < 4.78 is 0. The second-order valence-corrected chi connectivity index (χ2v) is 5.59. The summed E-state index contributed by atoms with van der Waals surface area (Å²) in [6, 6.07) is 20.3. The Hall–Kier alpha value is -1.84. The van der Waals surface area contributed by atoms with Crippen LogP contribution in [0, 0.1) is 5.92 Å². The standard InChI is InChI=1S/C18H19NO2.ClH/c20-18(21)16-11-15(12-19-16)17(13-7-3-1-4-8-13)14-9-5-2-6-10-14;/h1-10,15-17,19H,11-12H2,(H,20,21);1H. The lowest BCUT2D eigenvalue weighted by atomic mass is 9.79. The van der Waals surface area contributed by atoms with Gasteiger partial charge in [0.1, 0.15) is 6.04 Å². The minimum Gasteiger partial charge on any atom is -0.480 e. The molecule has 116 valence electrons. The smallest absolute Gasteiger partial charge is 0.320 e. The van der Waals surface area contributed by atoms with Crippen LogP contribution in [-0.4, -0.2) is 23.7 Å². The van der Waals surface area contributed by atoms with Gasteiger partial charge in [-0.05, 0) is 30.0 Å². The first-order chi connectivity index (χ1) is 10.3. The van der Waals surface area contributed by atoms with Crippen LogP contribution in [0.2, 0.25) is 0 Å². The molecule has 1 fully saturated rings. The van der Waals surface area contributed by atoms with Crippen molar-refractivity contribution < 1.29 is 9.90 Å². The molecule has 0 spiro atoms. The summed E-state index contributed by atoms with van der Waals surface area (Å²) in [7, 11) is 0. The maximum Gasteiger partial charge on any atom is 0.320 e. The van der Waals surface area contributed by atoms with Gasteiger partial charge in [0.25, 0.3) is 0 Å². The van der Waals surface area contributed by atoms with Gasteiger partial charge in [0, 0.05) is 5.92 Å². The van der Waals surface area contributed by atoms with E-state index in [9.17, 15) is 9.90 Å². The predicted molar refractivity (Wildman–Crippen MR) is 89.5 cm³/mol. The van der Waals surface area contributed by atoms with Gasteiger partial charge in [-0.2, -0.15) is 0 Å². The number of hydrogen-bond donors (Lipinski definition) is 2. The van der Waals surface area contributed by atoms with Crippen LogP contribution < -0.4 is 5.32 Å². The molecule has 22 heavy (non-hydrogen) atoms. The fraction of sp³-hybridized carbons (Fsp3) is 0.278. The highest BCUT2D eigenvalue weighted by Crippen LogP contribution is 2.36. The van der Waals surface area contributed by atoms with Crippen LogP contribution in [0.15, 0.2) is 60.7 Å². The second kappa shape index (κ2) is 7.43. The molecule has 0 aliphatic carbocycles. The topological polar surface area (TPSA) is 49.3 Å². The molecule has 2 atom stereocenters. The maximum atomic E-state index is 11.2. The van der Waals surface area contributed by atoms with E-state index >= 15 is 0 Å². The van der Waals surface area contributed by atoms with Crippen LogP contribution in [0.4, 0.5) is 0 Å². The number of nitrogens with one attached hydrogen (secondary N) is 1. The molecule has 1 aliphatic rings. The summed E-state index contributed by atoms with van der Waals surface area (Å²) >= 11 is 0. The molecule has 0 bridgehead atoms. The predicted octanol–water partition coefficient (Wildman–Crippen LogP) is 3.30. The van der Waals surface area contributed by atoms with Gasteiger partial charge in [0.15, 0.2) is 0 Å². The van der Waals surface area contributed by atoms with Crippen molar-refractivity contribution >= 4 is 18.4 Å². The van der Waals surface area contributed by atoms with Crippen molar-refractivity contribution in [2.24, 2.45) is 5.92 Å². The fourth-order valence-electron chi connectivity index (χ4n) is 3.26. The molecule has 1 saturated heterocycles. The van der Waals surface area contributed by atoms with Gasteiger partial charge in [-0.15, -0.1) is 12.4 Å². The summed E-state index contributed by atoms with van der Waals surface area (Å²) in [6.45, 7) is 0.741. The molecule has 2 aromatic rings. The Labute approximate surface area is 136 Å². The Morgan fingerprint density at radius 2 is 1.50 bits per heavy atom. The minimum absolute atomic E-state index is 0. The Bertz CT molecular complexity index is 563. The quantitative estimate of drug-likeness (QED) is 0.909. The largest absolute Gasteiger partial charge is 0.480 e. The molecule has 0 amide bonds. The second-order valence-electron chi connectivity index (χ2n) is 5.59. The van der Waals surface area contributed by atoms with Crippen molar-refractivity contribution in [2.45, 2.75) is 18.4 Å². The van der Waals surface area contributed by atoms with Crippen LogP contribution in [0.3, 0.4) is 0 Å². The van der Waals surface area contributed by atoms with Crippen LogP contribution in [0.1, 0.15) is 23.5 Å². The monoisotopic (exact) mass is 317 g/mol. The Balaban J connectivity index is 0.00000176. The molecule has 2 aromatic carbocycles. The summed E-state index contributed by atoms with van der Waals surface area (Å²) in [5, 5.41) is 12.3. The summed E-state index contributed by atoms with van der Waals surface area (Å²) in [5.74, 6) is -0.211. The third-order valence-corrected chi connectivity index (χ3v) is 4.25. The number of halogens is 1. The number of rotatable bonds is 4. The minimum atomic E-state index is -0.752. The van der Waals surface area contributed by atoms with Crippen molar-refractivity contribution in [1.82, 2.24) is 5.32 Å². The molecule has 0 radical (unpaired) electrons. The van der Waals surface area contributed by atoms with Crippen LogP contribution in [0.5, 0.6) is 0 Å². The number of benzene rings is 2. The van der Waals surface area contributed by atoms with Gasteiger partial charge in [0.05, 0.1) is 0 Å². The summed E-state index contributed by atoms with van der Waals surface area (Å²) in [5.41, 5.74) is 2.50. The van der Waals surface area contributed by atoms with Crippen molar-refractivity contribution in [1.29, 1.82) is 0 Å². The first-order valence-electron chi connectivity index (χ1n) is 7.32. The average molecular weight is 318 g/mol. The maximum absolute atomic E-state index is 11.2. The molecular weight excluding hydrogens is 298 g/mol. The third-order valence-electron chi connectivity index (χ3n) is 4.25. The van der Waals surface area contributed by atoms with Crippen molar-refractivity contribution in [3.8, 4) is 0 Å². The van der Waals surface area contributed by atoms with Gasteiger partial charge in [-0.1, -0.05) is 60.7 Å². The molecule has 3 nitrogen and oxygen atoms in total. The normalized spacial score (nSPS) is 20.6. The van der Waals surface area contributed by atoms with Gasteiger partial charge < -0.3 is 10.4 Å². The lowest BCUT2D eigenvalue weighted by Gasteiger charge is -2.24. The fourth-order valence-corrected chi connectivity index (χ4v) is 3.26. The zero-order chi connectivity index (χ0) is 14.7. The highest BCUT2D eigenvalue weighted by atomic mass is 35.5. The van der Waals surface area contributed by atoms with Gasteiger partial charge >= 0.3 is 5.97 Å². The lowest BCUT2D eigenvalue weighted by Crippen LogP contribution is -2.29. The first kappa shape index (κ1) is 16.5. The van der Waals surface area contributed by atoms with Gasteiger partial charge in [-0.3, -0.25) is 4.79 Å². The highest BCUT2D eigenvalue weighted by molar-refractivity contribution is 5.85. The molecule has 3 rings (SSSR count). The van der Waals surface area contributed by atoms with E-state index in [1.165, 1.54) is 11.1 Å². The van der Waals surface area contributed by atoms with E-state index < -0.39 is 12.0 Å². The Kier molecular flexibility index (Phi) is 5.58. The molecule has 1 heterocycles. The molecule has 2 unspecified atom stereocenters. The number of aliphatic carboxylic acids is 1. The van der Waals surface area contributed by atoms with Crippen molar-refractivity contribution in [3.63, 3.8) is 0 Å². The molecular formula is C18H20ClNO2. The Morgan fingerprint density at radius 3 is 1.91 bits per heavy atom. The third kappa shape index (κ3) is 3.49. The summed E-state index contributed by atoms with van der Waals surface area (Å²) in [4.78, 5) is 11.2. The zero-order valence-corrected chi connectivity index (χ0v) is 13.0. The van der Waals surface area contributed by atoms with Crippen LogP contribution in [0.25, 0.3) is 0 Å². The van der Waals surface area contributed by atoms with E-state index in [4.69, 9.17) is 0 Å². The highest BCUT2D eigenvalue weighted by Gasteiger charge is 2.35. The molecule has 0 saturated carbocycles. The number of hydrogen-bond acceptors (Lipinski definition) is 2. The van der Waals surface area contributed by atoms with E-state index in [1.807, 2.05) is 36.4 Å². The molecule has 1 aliphatic heterocycles. The van der Waals surface area contributed by atoms with Crippen molar-refractivity contribution in [3.05, 3.63) is 71.8 Å². The SMILES string of the molecule is Cl.O=C(O)C1CC(C(c2ccccc2)c2ccccc2)CN1. The number of carboxylic acid groups (broad SMARTS) is 1. The first-order valence-corrected chi connectivity index (χ1v) is 7.32. The van der Waals surface area contributed by atoms with E-state index in [0.29, 0.717) is 12.3 Å². The van der Waals surface area contributed by atoms with E-state index in [0.717, 1.165) is 6.54 Å². The van der Waals surface area contributed by atoms with E-state index in [-0.39, 0.29) is 18.3 Å². The average Bonchev–Trinajstić information content (AvgIpc) is 3.00. The number of carboxylic acids is 1. The number of carbonyl (C=O) groups is 1. The van der Waals surface area contributed by atoms with Gasteiger partial charge in [0.2, 0.25) is 0 Å². The van der Waals surface area contributed by atoms with Gasteiger partial charge in [-0.25, -0.2) is 0 Å². The molecule has 0 aromatic heterocycles. The van der Waals surface area contributed by atoms with Crippen LogP contribution in [-0.2, 0) is 4.79 Å². The van der Waals surface area contributed by atoms with Crippen molar-refractivity contribution in [2.75, 3.05) is 6.54 Å². The summed E-state index contributed by atoms with van der Waals surface area (Å²) in [6.07, 6.45) is 0.670. The molecule has 2 N–H and O–H groups in total. The molecule has 4 heteroatoms.